The molecule has 0 aliphatic carbocycles. The van der Waals surface area contributed by atoms with E-state index in [1.54, 1.807) is 24.1 Å². The zero-order valence-corrected chi connectivity index (χ0v) is 17.6. The summed E-state index contributed by atoms with van der Waals surface area (Å²) >= 11 is 0. The molecule has 28 heavy (non-hydrogen) atoms. The fourth-order valence-corrected chi connectivity index (χ4v) is 2.92. The molecule has 1 atom stereocenters. The highest BCUT2D eigenvalue weighted by Crippen LogP contribution is 2.32. The number of benzene rings is 1. The number of hydrogen-bond donors (Lipinski definition) is 1. The Hall–Kier alpha value is -1.89. The second kappa shape index (κ2) is 10.0. The van der Waals surface area contributed by atoms with Crippen LogP contribution in [0.2, 0.25) is 0 Å². The first-order valence-corrected chi connectivity index (χ1v) is 8.54. The number of rotatable bonds is 4. The quantitative estimate of drug-likeness (QED) is 0.389. The molecule has 1 aromatic carbocycles. The van der Waals surface area contributed by atoms with Gasteiger partial charge < -0.3 is 15.0 Å². The average molecular weight is 510 g/mol. The number of morpholine rings is 1. The van der Waals surface area contributed by atoms with Crippen molar-refractivity contribution in [1.29, 1.82) is 0 Å². The Labute approximate surface area is 178 Å². The van der Waals surface area contributed by atoms with E-state index >= 15 is 0 Å². The van der Waals surface area contributed by atoms with Gasteiger partial charge in [-0.3, -0.25) is 9.67 Å². The Morgan fingerprint density at radius 3 is 2.89 bits per heavy atom. The van der Waals surface area contributed by atoms with Crippen LogP contribution in [0.5, 0.6) is 0 Å². The second-order valence-electron chi connectivity index (χ2n) is 6.06. The number of guanidine groups is 1. The maximum atomic E-state index is 13.0. The lowest BCUT2D eigenvalue weighted by Crippen LogP contribution is -2.48. The van der Waals surface area contributed by atoms with Gasteiger partial charge in [-0.05, 0) is 17.7 Å². The third kappa shape index (κ3) is 5.80. The lowest BCUT2D eigenvalue weighted by Gasteiger charge is -2.35. The number of nitrogens with one attached hydrogen (secondary N) is 1. The number of aromatic nitrogens is 3. The number of halogens is 4. The van der Waals surface area contributed by atoms with E-state index < -0.39 is 17.8 Å². The molecule has 2 aromatic rings. The number of hydrogen-bond acceptors (Lipinski definition) is 4. The third-order valence-corrected chi connectivity index (χ3v) is 4.25. The molecular formula is C17H22F3IN6O. The Morgan fingerprint density at radius 1 is 1.39 bits per heavy atom. The Kier molecular flexibility index (Phi) is 8.04. The summed E-state index contributed by atoms with van der Waals surface area (Å²) in [6.07, 6.45) is -1.72. The normalized spacial score (nSPS) is 17.9. The van der Waals surface area contributed by atoms with Crippen molar-refractivity contribution in [1.82, 2.24) is 25.0 Å². The minimum absolute atomic E-state index is 0. The van der Waals surface area contributed by atoms with Crippen LogP contribution in [-0.4, -0.2) is 58.9 Å². The number of alkyl halides is 3. The summed E-state index contributed by atoms with van der Waals surface area (Å²) in [5.41, 5.74) is -0.163. The molecule has 154 valence electrons. The van der Waals surface area contributed by atoms with Crippen molar-refractivity contribution >= 4 is 29.9 Å². The lowest BCUT2D eigenvalue weighted by molar-refractivity contribution is -0.137. The summed E-state index contributed by atoms with van der Waals surface area (Å²) < 4.78 is 46.3. The molecule has 1 saturated heterocycles. The van der Waals surface area contributed by atoms with Gasteiger partial charge in [0.1, 0.15) is 18.8 Å². The second-order valence-corrected chi connectivity index (χ2v) is 6.06. The molecule has 1 N–H and O–H groups in total. The molecule has 0 radical (unpaired) electrons. The van der Waals surface area contributed by atoms with Crippen molar-refractivity contribution in [2.45, 2.75) is 18.8 Å². The van der Waals surface area contributed by atoms with Crippen LogP contribution >= 0.6 is 24.0 Å². The van der Waals surface area contributed by atoms with E-state index in [9.17, 15) is 13.2 Å². The van der Waals surface area contributed by atoms with E-state index in [0.29, 0.717) is 44.3 Å². The summed E-state index contributed by atoms with van der Waals surface area (Å²) in [5.74, 6) is 0.676. The SMILES string of the molecule is CN=C(NCCn1cncn1)N1CCOC(c2cccc(C(F)(F)F)c2)C1.I. The van der Waals surface area contributed by atoms with Crippen molar-refractivity contribution < 1.29 is 17.9 Å². The highest BCUT2D eigenvalue weighted by molar-refractivity contribution is 14.0. The van der Waals surface area contributed by atoms with E-state index in [0.717, 1.165) is 12.1 Å². The van der Waals surface area contributed by atoms with E-state index in [1.807, 2.05) is 4.90 Å². The Morgan fingerprint density at radius 2 is 2.21 bits per heavy atom. The number of ether oxygens (including phenoxy) is 1. The molecule has 0 bridgehead atoms. The first-order chi connectivity index (χ1) is 13.0. The van der Waals surface area contributed by atoms with Crippen molar-refractivity contribution in [3.63, 3.8) is 0 Å². The molecule has 11 heteroatoms. The molecule has 7 nitrogen and oxygen atoms in total. The monoisotopic (exact) mass is 510 g/mol. The molecule has 1 aromatic heterocycles. The highest BCUT2D eigenvalue weighted by atomic mass is 127. The predicted molar refractivity (Wildman–Crippen MR) is 109 cm³/mol. The molecular weight excluding hydrogens is 488 g/mol. The van der Waals surface area contributed by atoms with Crippen LogP contribution in [0.1, 0.15) is 17.2 Å². The molecule has 1 unspecified atom stereocenters. The number of nitrogens with zero attached hydrogens (tertiary/aromatic N) is 5. The van der Waals surface area contributed by atoms with Crippen LogP contribution in [0, 0.1) is 0 Å². The fourth-order valence-electron chi connectivity index (χ4n) is 2.92. The lowest BCUT2D eigenvalue weighted by atomic mass is 10.0. The number of aliphatic imine (C=N–C) groups is 1. The van der Waals surface area contributed by atoms with Crippen LogP contribution in [0.4, 0.5) is 13.2 Å². The Balaban J connectivity index is 0.00000280. The minimum atomic E-state index is -4.37. The van der Waals surface area contributed by atoms with Gasteiger partial charge in [-0.15, -0.1) is 24.0 Å². The summed E-state index contributed by atoms with van der Waals surface area (Å²) in [7, 11) is 1.67. The van der Waals surface area contributed by atoms with Crippen molar-refractivity contribution in [3.8, 4) is 0 Å². The van der Waals surface area contributed by atoms with Gasteiger partial charge in [-0.2, -0.15) is 18.3 Å². The van der Waals surface area contributed by atoms with Crippen LogP contribution < -0.4 is 5.32 Å². The first kappa shape index (κ1) is 22.4. The van der Waals surface area contributed by atoms with Crippen molar-refractivity contribution in [3.05, 3.63) is 48.0 Å². The predicted octanol–water partition coefficient (Wildman–Crippen LogP) is 2.56. The first-order valence-electron chi connectivity index (χ1n) is 8.54. The smallest absolute Gasteiger partial charge is 0.370 e. The molecule has 0 amide bonds. The molecule has 1 aliphatic heterocycles. The van der Waals surface area contributed by atoms with Gasteiger partial charge in [0.15, 0.2) is 5.96 Å². The third-order valence-electron chi connectivity index (χ3n) is 4.25. The van der Waals surface area contributed by atoms with Gasteiger partial charge in [-0.1, -0.05) is 12.1 Å². The maximum absolute atomic E-state index is 13.0. The topological polar surface area (TPSA) is 67.6 Å². The summed E-state index contributed by atoms with van der Waals surface area (Å²) in [5, 5.41) is 7.27. The largest absolute Gasteiger partial charge is 0.416 e. The molecule has 0 spiro atoms. The van der Waals surface area contributed by atoms with Gasteiger partial charge in [0, 0.05) is 20.1 Å². The van der Waals surface area contributed by atoms with Gasteiger partial charge in [0.2, 0.25) is 0 Å². The standard InChI is InChI=1S/C17H21F3N6O.HI/c1-21-16(23-5-6-26-12-22-11-24-26)25-7-8-27-15(10-25)13-3-2-4-14(9-13)17(18,19)20;/h2-4,9,11-12,15H,5-8,10H2,1H3,(H,21,23);1H. The molecule has 0 saturated carbocycles. The van der Waals surface area contributed by atoms with Crippen LogP contribution in [0.3, 0.4) is 0 Å². The average Bonchev–Trinajstić information content (AvgIpc) is 3.18. The minimum Gasteiger partial charge on any atom is -0.370 e. The van der Waals surface area contributed by atoms with Crippen LogP contribution in [-0.2, 0) is 17.5 Å². The van der Waals surface area contributed by atoms with Gasteiger partial charge >= 0.3 is 6.18 Å². The van der Waals surface area contributed by atoms with Crippen LogP contribution in [0.25, 0.3) is 0 Å². The summed E-state index contributed by atoms with van der Waals surface area (Å²) in [6, 6.07) is 5.28. The summed E-state index contributed by atoms with van der Waals surface area (Å²) in [6.45, 7) is 2.66. The maximum Gasteiger partial charge on any atom is 0.416 e. The van der Waals surface area contributed by atoms with Crippen molar-refractivity contribution in [2.75, 3.05) is 33.3 Å². The van der Waals surface area contributed by atoms with Crippen molar-refractivity contribution in [2.24, 2.45) is 4.99 Å². The highest BCUT2D eigenvalue weighted by Gasteiger charge is 2.32. The molecule has 3 rings (SSSR count). The zero-order chi connectivity index (χ0) is 19.3. The zero-order valence-electron chi connectivity index (χ0n) is 15.3. The van der Waals surface area contributed by atoms with E-state index in [1.165, 1.54) is 12.4 Å². The molecule has 2 heterocycles. The van der Waals surface area contributed by atoms with E-state index in [4.69, 9.17) is 4.74 Å². The molecule has 1 fully saturated rings. The fraction of sp³-hybridized carbons (Fsp3) is 0.471. The summed E-state index contributed by atoms with van der Waals surface area (Å²) in [4.78, 5) is 10.1. The Bertz CT molecular complexity index is 769. The molecule has 1 aliphatic rings. The van der Waals surface area contributed by atoms with Gasteiger partial charge in [0.05, 0.1) is 25.3 Å². The van der Waals surface area contributed by atoms with Crippen LogP contribution in [0.15, 0.2) is 41.9 Å². The van der Waals surface area contributed by atoms with Gasteiger partial charge in [0.25, 0.3) is 0 Å². The van der Waals surface area contributed by atoms with Gasteiger partial charge in [-0.25, -0.2) is 4.98 Å². The van der Waals surface area contributed by atoms with E-state index in [-0.39, 0.29) is 24.0 Å². The van der Waals surface area contributed by atoms with E-state index in [2.05, 4.69) is 20.4 Å².